The molecule has 30 heavy (non-hydrogen) atoms. The average molecular weight is 408 g/mol. The molecule has 4 rings (SSSR count). The van der Waals surface area contributed by atoms with E-state index in [0.717, 1.165) is 22.2 Å². The minimum atomic E-state index is -1.15. The van der Waals surface area contributed by atoms with Gasteiger partial charge in [-0.1, -0.05) is 18.2 Å². The van der Waals surface area contributed by atoms with Gasteiger partial charge in [0.15, 0.2) is 0 Å². The largest absolute Gasteiger partial charge is 0.478 e. The third-order valence-electron chi connectivity index (χ3n) is 5.64. The molecule has 2 unspecified atom stereocenters. The standard InChI is InChI=1S/C23H24N2O5/c1-12-10-25(11-13(2)30-12)21-18(5-4-15-8-9-24-20(15)21)17-7-6-16(22(26)27)14(3)19(17)23(28)29/h4-9,12-13,24H,10-11H2,1-3H3,(H,26,27)(H,28,29). The Morgan fingerprint density at radius 2 is 1.67 bits per heavy atom. The number of aromatic nitrogens is 1. The monoisotopic (exact) mass is 408 g/mol. The van der Waals surface area contributed by atoms with Crippen LogP contribution in [-0.2, 0) is 4.74 Å². The van der Waals surface area contributed by atoms with Crippen molar-refractivity contribution in [3.05, 3.63) is 53.2 Å². The number of morpholine rings is 1. The van der Waals surface area contributed by atoms with Crippen molar-refractivity contribution in [2.24, 2.45) is 0 Å². The Bertz CT molecular complexity index is 1140. The number of ether oxygens (including phenoxy) is 1. The Morgan fingerprint density at radius 3 is 2.30 bits per heavy atom. The van der Waals surface area contributed by atoms with Crippen LogP contribution in [0.15, 0.2) is 36.5 Å². The van der Waals surface area contributed by atoms with Gasteiger partial charge in [-0.25, -0.2) is 9.59 Å². The maximum Gasteiger partial charge on any atom is 0.336 e. The van der Waals surface area contributed by atoms with Gasteiger partial charge in [-0.15, -0.1) is 0 Å². The summed E-state index contributed by atoms with van der Waals surface area (Å²) in [4.78, 5) is 29.2. The smallest absolute Gasteiger partial charge is 0.336 e. The first-order valence-electron chi connectivity index (χ1n) is 9.89. The van der Waals surface area contributed by atoms with E-state index in [9.17, 15) is 19.8 Å². The summed E-state index contributed by atoms with van der Waals surface area (Å²) in [6.45, 7) is 6.92. The van der Waals surface area contributed by atoms with E-state index >= 15 is 0 Å². The van der Waals surface area contributed by atoms with Gasteiger partial charge in [0.1, 0.15) is 0 Å². The molecule has 0 bridgehead atoms. The summed E-state index contributed by atoms with van der Waals surface area (Å²) in [6.07, 6.45) is 1.92. The lowest BCUT2D eigenvalue weighted by Crippen LogP contribution is -2.45. The maximum absolute atomic E-state index is 12.2. The molecule has 1 aliphatic heterocycles. The van der Waals surface area contributed by atoms with Crippen molar-refractivity contribution in [2.45, 2.75) is 33.0 Å². The van der Waals surface area contributed by atoms with Gasteiger partial charge in [-0.05, 0) is 44.0 Å². The second-order valence-electron chi connectivity index (χ2n) is 7.84. The molecule has 1 aromatic heterocycles. The number of nitrogens with zero attached hydrogens (tertiary/aromatic N) is 1. The van der Waals surface area contributed by atoms with Crippen LogP contribution < -0.4 is 4.90 Å². The molecule has 0 aliphatic carbocycles. The summed E-state index contributed by atoms with van der Waals surface area (Å²) < 4.78 is 5.89. The Balaban J connectivity index is 2.00. The number of rotatable bonds is 4. The Morgan fingerprint density at radius 1 is 1.00 bits per heavy atom. The fourth-order valence-electron chi connectivity index (χ4n) is 4.46. The van der Waals surface area contributed by atoms with E-state index in [0.29, 0.717) is 18.7 Å². The van der Waals surface area contributed by atoms with Gasteiger partial charge in [0.25, 0.3) is 0 Å². The fraction of sp³-hybridized carbons (Fsp3) is 0.304. The van der Waals surface area contributed by atoms with Crippen molar-refractivity contribution >= 4 is 28.5 Å². The van der Waals surface area contributed by atoms with E-state index in [4.69, 9.17) is 4.74 Å². The van der Waals surface area contributed by atoms with Crippen LogP contribution in [0.4, 0.5) is 5.69 Å². The van der Waals surface area contributed by atoms with E-state index in [2.05, 4.69) is 9.88 Å². The number of aromatic amines is 1. The van der Waals surface area contributed by atoms with Crippen LogP contribution in [0.2, 0.25) is 0 Å². The Kier molecular flexibility index (Phi) is 4.99. The van der Waals surface area contributed by atoms with E-state index in [1.54, 1.807) is 13.0 Å². The van der Waals surface area contributed by atoms with Crippen LogP contribution in [-0.4, -0.2) is 52.4 Å². The van der Waals surface area contributed by atoms with Crippen molar-refractivity contribution in [1.29, 1.82) is 0 Å². The van der Waals surface area contributed by atoms with Crippen LogP contribution in [0, 0.1) is 6.92 Å². The Labute approximate surface area is 173 Å². The van der Waals surface area contributed by atoms with Crippen LogP contribution in [0.3, 0.4) is 0 Å². The van der Waals surface area contributed by atoms with Crippen molar-refractivity contribution < 1.29 is 24.5 Å². The molecule has 3 aromatic rings. The number of hydrogen-bond acceptors (Lipinski definition) is 4. The molecule has 1 aliphatic rings. The number of aromatic carboxylic acids is 2. The van der Waals surface area contributed by atoms with Crippen LogP contribution in [0.25, 0.3) is 22.0 Å². The third kappa shape index (κ3) is 3.31. The molecule has 1 saturated heterocycles. The van der Waals surface area contributed by atoms with E-state index in [1.165, 1.54) is 6.07 Å². The molecule has 7 heteroatoms. The molecule has 3 N–H and O–H groups in total. The van der Waals surface area contributed by atoms with Crippen LogP contribution in [0.1, 0.15) is 40.1 Å². The highest BCUT2D eigenvalue weighted by atomic mass is 16.5. The van der Waals surface area contributed by atoms with Gasteiger partial charge in [-0.3, -0.25) is 0 Å². The molecule has 2 atom stereocenters. The summed E-state index contributed by atoms with van der Waals surface area (Å²) in [5, 5.41) is 20.4. The summed E-state index contributed by atoms with van der Waals surface area (Å²) in [6, 6.07) is 8.92. The maximum atomic E-state index is 12.2. The molecular formula is C23H24N2O5. The zero-order chi connectivity index (χ0) is 21.6. The minimum absolute atomic E-state index is 0.00716. The molecule has 2 heterocycles. The number of carboxylic acids is 2. The van der Waals surface area contributed by atoms with Gasteiger partial charge in [0.2, 0.25) is 0 Å². The molecule has 156 valence electrons. The second kappa shape index (κ2) is 7.50. The van der Waals surface area contributed by atoms with E-state index in [-0.39, 0.29) is 28.9 Å². The first-order chi connectivity index (χ1) is 14.3. The Hall–Kier alpha value is -3.32. The normalized spacial score (nSPS) is 19.2. The number of H-pyrrole nitrogens is 1. The van der Waals surface area contributed by atoms with Gasteiger partial charge >= 0.3 is 11.9 Å². The third-order valence-corrected chi connectivity index (χ3v) is 5.64. The number of carbonyl (C=O) groups is 2. The molecule has 0 spiro atoms. The quantitative estimate of drug-likeness (QED) is 0.599. The number of anilines is 1. The highest BCUT2D eigenvalue weighted by Crippen LogP contribution is 2.40. The molecule has 0 saturated carbocycles. The SMILES string of the molecule is Cc1c(C(=O)O)ccc(-c2ccc3cc[nH]c3c2N2CC(C)OC(C)C2)c1C(=O)O. The van der Waals surface area contributed by atoms with Crippen molar-refractivity contribution in [2.75, 3.05) is 18.0 Å². The predicted molar refractivity (Wildman–Crippen MR) is 115 cm³/mol. The zero-order valence-electron chi connectivity index (χ0n) is 17.1. The first kappa shape index (κ1) is 20.0. The van der Waals surface area contributed by atoms with E-state index in [1.807, 2.05) is 38.2 Å². The molecule has 1 fully saturated rings. The summed E-state index contributed by atoms with van der Waals surface area (Å²) in [5.41, 5.74) is 3.33. The van der Waals surface area contributed by atoms with Crippen molar-refractivity contribution in [1.82, 2.24) is 4.98 Å². The van der Waals surface area contributed by atoms with Crippen molar-refractivity contribution in [3.8, 4) is 11.1 Å². The second-order valence-corrected chi connectivity index (χ2v) is 7.84. The molecule has 0 amide bonds. The number of carboxylic acid groups (broad SMARTS) is 2. The first-order valence-corrected chi connectivity index (χ1v) is 9.89. The molecule has 7 nitrogen and oxygen atoms in total. The zero-order valence-corrected chi connectivity index (χ0v) is 17.1. The number of benzene rings is 2. The topological polar surface area (TPSA) is 103 Å². The van der Waals surface area contributed by atoms with Gasteiger partial charge in [0.05, 0.1) is 34.5 Å². The molecule has 0 radical (unpaired) electrons. The lowest BCUT2D eigenvalue weighted by Gasteiger charge is -2.38. The van der Waals surface area contributed by atoms with Crippen molar-refractivity contribution in [3.63, 3.8) is 0 Å². The average Bonchev–Trinajstić information content (AvgIpc) is 3.14. The number of fused-ring (bicyclic) bond motifs is 1. The highest BCUT2D eigenvalue weighted by Gasteiger charge is 2.28. The molecule has 2 aromatic carbocycles. The summed E-state index contributed by atoms with van der Waals surface area (Å²) in [7, 11) is 0. The highest BCUT2D eigenvalue weighted by molar-refractivity contribution is 6.07. The number of nitrogens with one attached hydrogen (secondary N) is 1. The number of hydrogen-bond donors (Lipinski definition) is 3. The van der Waals surface area contributed by atoms with Gasteiger partial charge in [0, 0.05) is 30.2 Å². The van der Waals surface area contributed by atoms with Gasteiger partial charge in [-0.2, -0.15) is 0 Å². The summed E-state index contributed by atoms with van der Waals surface area (Å²) >= 11 is 0. The minimum Gasteiger partial charge on any atom is -0.478 e. The van der Waals surface area contributed by atoms with Crippen LogP contribution in [0.5, 0.6) is 0 Å². The lowest BCUT2D eigenvalue weighted by atomic mass is 9.90. The lowest BCUT2D eigenvalue weighted by molar-refractivity contribution is -0.00511. The molecular weight excluding hydrogens is 384 g/mol. The fourth-order valence-corrected chi connectivity index (χ4v) is 4.46. The predicted octanol–water partition coefficient (Wildman–Crippen LogP) is 4.15. The van der Waals surface area contributed by atoms with Crippen LogP contribution >= 0.6 is 0 Å². The van der Waals surface area contributed by atoms with E-state index < -0.39 is 11.9 Å². The summed E-state index contributed by atoms with van der Waals surface area (Å²) in [5.74, 6) is -2.29. The van der Waals surface area contributed by atoms with Gasteiger partial charge < -0.3 is 24.8 Å².